The van der Waals surface area contributed by atoms with Gasteiger partial charge >= 0.3 is 0 Å². The minimum atomic E-state index is -0.668. The van der Waals surface area contributed by atoms with Crippen LogP contribution in [0.5, 0.6) is 5.75 Å². The maximum Gasteiger partial charge on any atom is 0.250 e. The number of benzene rings is 1. The molecule has 2 aromatic rings. The Morgan fingerprint density at radius 1 is 1.20 bits per heavy atom. The Kier molecular flexibility index (Phi) is 6.95. The molecule has 1 saturated heterocycles. The van der Waals surface area contributed by atoms with E-state index in [0.29, 0.717) is 17.9 Å². The SMILES string of the molecule is CCN1CCN(CC(O)COc2cc(F)cc(-c3ccc(=O)n(C)c3)c2)CC1(C)C. The molecule has 2 heterocycles. The second-order valence-corrected chi connectivity index (χ2v) is 8.63. The van der Waals surface area contributed by atoms with Gasteiger partial charge in [-0.3, -0.25) is 14.6 Å². The first-order chi connectivity index (χ1) is 14.2. The average Bonchev–Trinajstić information content (AvgIpc) is 2.67. The van der Waals surface area contributed by atoms with Gasteiger partial charge in [-0.25, -0.2) is 4.39 Å². The number of nitrogens with zero attached hydrogens (tertiary/aromatic N) is 3. The summed E-state index contributed by atoms with van der Waals surface area (Å²) in [5.74, 6) is -0.0719. The molecule has 3 rings (SSSR count). The summed E-state index contributed by atoms with van der Waals surface area (Å²) in [6.45, 7) is 11.0. The normalized spacial score (nSPS) is 18.3. The zero-order valence-electron chi connectivity index (χ0n) is 18.3. The molecule has 0 amide bonds. The Hall–Kier alpha value is -2.22. The van der Waals surface area contributed by atoms with Gasteiger partial charge < -0.3 is 14.4 Å². The van der Waals surface area contributed by atoms with Gasteiger partial charge in [0.15, 0.2) is 0 Å². The number of ether oxygens (including phenoxy) is 1. The molecule has 0 aliphatic carbocycles. The first-order valence-corrected chi connectivity index (χ1v) is 10.4. The minimum Gasteiger partial charge on any atom is -0.491 e. The van der Waals surface area contributed by atoms with Crippen molar-refractivity contribution in [2.24, 2.45) is 7.05 Å². The van der Waals surface area contributed by atoms with Crippen molar-refractivity contribution in [2.75, 3.05) is 39.3 Å². The van der Waals surface area contributed by atoms with E-state index in [9.17, 15) is 14.3 Å². The highest BCUT2D eigenvalue weighted by molar-refractivity contribution is 5.64. The van der Waals surface area contributed by atoms with Gasteiger partial charge in [0.2, 0.25) is 5.56 Å². The Morgan fingerprint density at radius 2 is 1.97 bits per heavy atom. The first kappa shape index (κ1) is 22.5. The molecule has 7 heteroatoms. The standard InChI is InChI=1S/C23H32FN3O3/c1-5-27-9-8-26(16-23(27,2)3)14-20(28)15-30-21-11-18(10-19(24)12-21)17-6-7-22(29)25(4)13-17/h6-7,10-13,20,28H,5,8-9,14-16H2,1-4H3. The van der Waals surface area contributed by atoms with Gasteiger partial charge in [0.25, 0.3) is 0 Å². The van der Waals surface area contributed by atoms with Gasteiger partial charge in [0.1, 0.15) is 24.3 Å². The minimum absolute atomic E-state index is 0.0703. The molecule has 1 aliphatic rings. The van der Waals surface area contributed by atoms with Crippen LogP contribution in [0, 0.1) is 5.82 Å². The van der Waals surface area contributed by atoms with Gasteiger partial charge in [0, 0.05) is 57.1 Å². The zero-order valence-corrected chi connectivity index (χ0v) is 18.3. The second kappa shape index (κ2) is 9.29. The monoisotopic (exact) mass is 417 g/mol. The third-order valence-electron chi connectivity index (χ3n) is 5.74. The largest absolute Gasteiger partial charge is 0.491 e. The lowest BCUT2D eigenvalue weighted by Crippen LogP contribution is -2.60. The lowest BCUT2D eigenvalue weighted by molar-refractivity contribution is -0.00575. The molecule has 1 atom stereocenters. The predicted octanol–water partition coefficient (Wildman–Crippen LogP) is 2.35. The molecule has 1 fully saturated rings. The molecule has 1 aromatic carbocycles. The number of pyridine rings is 1. The van der Waals surface area contributed by atoms with Crippen LogP contribution in [-0.2, 0) is 7.05 Å². The molecule has 1 unspecified atom stereocenters. The number of aliphatic hydroxyl groups is 1. The number of hydrogen-bond acceptors (Lipinski definition) is 5. The molecule has 0 spiro atoms. The van der Waals surface area contributed by atoms with Crippen molar-refractivity contribution in [2.45, 2.75) is 32.4 Å². The van der Waals surface area contributed by atoms with Crippen LogP contribution in [0.4, 0.5) is 4.39 Å². The van der Waals surface area contributed by atoms with Crippen molar-refractivity contribution >= 4 is 0 Å². The van der Waals surface area contributed by atoms with E-state index in [1.165, 1.54) is 22.8 Å². The third kappa shape index (κ3) is 5.47. The van der Waals surface area contributed by atoms with E-state index < -0.39 is 11.9 Å². The Labute approximate surface area is 177 Å². The first-order valence-electron chi connectivity index (χ1n) is 10.4. The van der Waals surface area contributed by atoms with Crippen LogP contribution < -0.4 is 10.3 Å². The Bertz CT molecular complexity index is 928. The fourth-order valence-corrected chi connectivity index (χ4v) is 4.15. The smallest absolute Gasteiger partial charge is 0.250 e. The zero-order chi connectivity index (χ0) is 21.9. The average molecular weight is 418 g/mol. The number of piperazine rings is 1. The number of halogens is 1. The van der Waals surface area contributed by atoms with E-state index in [2.05, 4.69) is 30.6 Å². The summed E-state index contributed by atoms with van der Waals surface area (Å²) in [6, 6.07) is 7.54. The number of likely N-dealkylation sites (N-methyl/N-ethyl adjacent to an activating group) is 1. The molecule has 1 aromatic heterocycles. The summed E-state index contributed by atoms with van der Waals surface area (Å²) in [6.07, 6.45) is 0.992. The Morgan fingerprint density at radius 3 is 2.63 bits per heavy atom. The van der Waals surface area contributed by atoms with Crippen LogP contribution in [0.15, 0.2) is 41.3 Å². The van der Waals surface area contributed by atoms with Crippen molar-refractivity contribution in [1.82, 2.24) is 14.4 Å². The number of aryl methyl sites for hydroxylation is 1. The van der Waals surface area contributed by atoms with Crippen molar-refractivity contribution in [3.63, 3.8) is 0 Å². The topological polar surface area (TPSA) is 57.9 Å². The van der Waals surface area contributed by atoms with Crippen molar-refractivity contribution < 1.29 is 14.2 Å². The molecular weight excluding hydrogens is 385 g/mol. The van der Waals surface area contributed by atoms with Crippen LogP contribution in [0.1, 0.15) is 20.8 Å². The van der Waals surface area contributed by atoms with Crippen molar-refractivity contribution in [3.05, 3.63) is 52.7 Å². The summed E-state index contributed by atoms with van der Waals surface area (Å²) in [5, 5.41) is 10.5. The predicted molar refractivity (Wildman–Crippen MR) is 116 cm³/mol. The quantitative estimate of drug-likeness (QED) is 0.750. The molecular formula is C23H32FN3O3. The summed E-state index contributed by atoms with van der Waals surface area (Å²) < 4.78 is 21.3. The van der Waals surface area contributed by atoms with Crippen molar-refractivity contribution in [1.29, 1.82) is 0 Å². The second-order valence-electron chi connectivity index (χ2n) is 8.63. The van der Waals surface area contributed by atoms with E-state index >= 15 is 0 Å². The summed E-state index contributed by atoms with van der Waals surface area (Å²) >= 11 is 0. The molecule has 6 nitrogen and oxygen atoms in total. The van der Waals surface area contributed by atoms with E-state index in [1.54, 1.807) is 25.4 Å². The van der Waals surface area contributed by atoms with Crippen LogP contribution in [0.25, 0.3) is 11.1 Å². The molecule has 30 heavy (non-hydrogen) atoms. The highest BCUT2D eigenvalue weighted by Crippen LogP contribution is 2.25. The Balaban J connectivity index is 1.61. The molecule has 0 bridgehead atoms. The van der Waals surface area contributed by atoms with Gasteiger partial charge in [0.05, 0.1) is 0 Å². The number of aromatic nitrogens is 1. The van der Waals surface area contributed by atoms with Gasteiger partial charge in [-0.2, -0.15) is 0 Å². The maximum atomic E-state index is 14.1. The van der Waals surface area contributed by atoms with E-state index in [1.807, 2.05) is 0 Å². The summed E-state index contributed by atoms with van der Waals surface area (Å²) in [4.78, 5) is 16.3. The maximum absolute atomic E-state index is 14.1. The van der Waals surface area contributed by atoms with Gasteiger partial charge in [-0.15, -0.1) is 0 Å². The molecule has 1 N–H and O–H groups in total. The number of β-amino-alcohol motifs (C(OH)–C–C–N with tert-alkyl or cyclic N) is 1. The summed E-state index contributed by atoms with van der Waals surface area (Å²) in [5.41, 5.74) is 1.28. The lowest BCUT2D eigenvalue weighted by atomic mass is 9.98. The van der Waals surface area contributed by atoms with E-state index in [4.69, 9.17) is 4.74 Å². The number of aliphatic hydroxyl groups excluding tert-OH is 1. The highest BCUT2D eigenvalue weighted by atomic mass is 19.1. The van der Waals surface area contributed by atoms with E-state index in [-0.39, 0.29) is 17.7 Å². The fraction of sp³-hybridized carbons (Fsp3) is 0.522. The van der Waals surface area contributed by atoms with Crippen LogP contribution in [-0.4, -0.2) is 70.4 Å². The van der Waals surface area contributed by atoms with Crippen LogP contribution >= 0.6 is 0 Å². The van der Waals surface area contributed by atoms with Crippen LogP contribution in [0.2, 0.25) is 0 Å². The molecule has 164 valence electrons. The summed E-state index contributed by atoms with van der Waals surface area (Å²) in [7, 11) is 1.65. The highest BCUT2D eigenvalue weighted by Gasteiger charge is 2.33. The molecule has 0 saturated carbocycles. The number of hydrogen-bond donors (Lipinski definition) is 1. The van der Waals surface area contributed by atoms with Gasteiger partial charge in [-0.05, 0) is 49.7 Å². The lowest BCUT2D eigenvalue weighted by Gasteiger charge is -2.47. The molecule has 0 radical (unpaired) electrons. The third-order valence-corrected chi connectivity index (χ3v) is 5.74. The number of rotatable bonds is 7. The van der Waals surface area contributed by atoms with Crippen LogP contribution in [0.3, 0.4) is 0 Å². The van der Waals surface area contributed by atoms with Gasteiger partial charge in [-0.1, -0.05) is 6.92 Å². The van der Waals surface area contributed by atoms with Crippen molar-refractivity contribution in [3.8, 4) is 16.9 Å². The molecule has 1 aliphatic heterocycles. The fourth-order valence-electron chi connectivity index (χ4n) is 4.15. The van der Waals surface area contributed by atoms with E-state index in [0.717, 1.165) is 31.7 Å².